The molecule has 7 nitrogen and oxygen atoms in total. The SMILES string of the molecule is CNc1ccc(NCCCN(C)CCO)cc1[N+](=O)[O-]. The average Bonchev–Trinajstić information content (AvgIpc) is 2.43. The summed E-state index contributed by atoms with van der Waals surface area (Å²) in [6.45, 7) is 2.40. The van der Waals surface area contributed by atoms with Crippen LogP contribution in [0.1, 0.15) is 6.42 Å². The van der Waals surface area contributed by atoms with Crippen molar-refractivity contribution in [1.82, 2.24) is 4.90 Å². The van der Waals surface area contributed by atoms with E-state index in [4.69, 9.17) is 5.11 Å². The molecule has 0 aromatic heterocycles. The quantitative estimate of drug-likeness (QED) is 0.360. The number of hydrogen-bond acceptors (Lipinski definition) is 6. The van der Waals surface area contributed by atoms with Gasteiger partial charge in [-0.3, -0.25) is 10.1 Å². The number of nitrogens with one attached hydrogen (secondary N) is 2. The van der Waals surface area contributed by atoms with E-state index in [1.165, 1.54) is 6.07 Å². The smallest absolute Gasteiger partial charge is 0.294 e. The highest BCUT2D eigenvalue weighted by Gasteiger charge is 2.13. The third-order valence-electron chi connectivity index (χ3n) is 2.99. The maximum absolute atomic E-state index is 10.9. The fourth-order valence-electron chi connectivity index (χ4n) is 1.87. The molecule has 0 heterocycles. The number of rotatable bonds is 9. The van der Waals surface area contributed by atoms with Crippen LogP contribution in [0.2, 0.25) is 0 Å². The van der Waals surface area contributed by atoms with Gasteiger partial charge in [0.2, 0.25) is 0 Å². The third kappa shape index (κ3) is 5.02. The van der Waals surface area contributed by atoms with Gasteiger partial charge in [-0.15, -0.1) is 0 Å². The highest BCUT2D eigenvalue weighted by Crippen LogP contribution is 2.27. The number of nitrogens with zero attached hydrogens (tertiary/aromatic N) is 2. The molecule has 0 aliphatic carbocycles. The lowest BCUT2D eigenvalue weighted by atomic mass is 10.2. The Kier molecular flexibility index (Phi) is 6.75. The number of nitro groups is 1. The van der Waals surface area contributed by atoms with Gasteiger partial charge in [-0.2, -0.15) is 0 Å². The molecule has 0 radical (unpaired) electrons. The highest BCUT2D eigenvalue weighted by atomic mass is 16.6. The fourth-order valence-corrected chi connectivity index (χ4v) is 1.87. The number of likely N-dealkylation sites (N-methyl/N-ethyl adjacent to an activating group) is 1. The van der Waals surface area contributed by atoms with Crippen LogP contribution in [0.3, 0.4) is 0 Å². The number of aliphatic hydroxyl groups is 1. The second kappa shape index (κ2) is 8.34. The average molecular weight is 282 g/mol. The zero-order valence-electron chi connectivity index (χ0n) is 11.9. The Morgan fingerprint density at radius 1 is 1.40 bits per heavy atom. The number of anilines is 2. The van der Waals surface area contributed by atoms with Gasteiger partial charge in [0.05, 0.1) is 11.5 Å². The van der Waals surface area contributed by atoms with E-state index in [2.05, 4.69) is 10.6 Å². The molecule has 0 aliphatic rings. The Bertz CT molecular complexity index is 440. The summed E-state index contributed by atoms with van der Waals surface area (Å²) in [5, 5.41) is 25.7. The van der Waals surface area contributed by atoms with E-state index in [1.54, 1.807) is 13.1 Å². The van der Waals surface area contributed by atoms with Crippen molar-refractivity contribution in [2.24, 2.45) is 0 Å². The van der Waals surface area contributed by atoms with Crippen molar-refractivity contribution in [3.05, 3.63) is 28.3 Å². The van der Waals surface area contributed by atoms with Crippen molar-refractivity contribution in [1.29, 1.82) is 0 Å². The molecule has 0 bridgehead atoms. The van der Waals surface area contributed by atoms with Crippen molar-refractivity contribution in [3.8, 4) is 0 Å². The zero-order chi connectivity index (χ0) is 15.0. The van der Waals surface area contributed by atoms with E-state index in [0.29, 0.717) is 12.2 Å². The summed E-state index contributed by atoms with van der Waals surface area (Å²) < 4.78 is 0. The first-order valence-electron chi connectivity index (χ1n) is 6.58. The van der Waals surface area contributed by atoms with E-state index in [-0.39, 0.29) is 12.3 Å². The molecule has 0 atom stereocenters. The van der Waals surface area contributed by atoms with E-state index >= 15 is 0 Å². The zero-order valence-corrected chi connectivity index (χ0v) is 11.9. The number of hydrogen-bond donors (Lipinski definition) is 3. The lowest BCUT2D eigenvalue weighted by Crippen LogP contribution is -2.24. The molecule has 7 heteroatoms. The van der Waals surface area contributed by atoms with Crippen molar-refractivity contribution in [2.45, 2.75) is 6.42 Å². The van der Waals surface area contributed by atoms with Crippen LogP contribution in [0.25, 0.3) is 0 Å². The van der Waals surface area contributed by atoms with Gasteiger partial charge < -0.3 is 20.6 Å². The topological polar surface area (TPSA) is 90.7 Å². The number of benzene rings is 1. The van der Waals surface area contributed by atoms with Crippen LogP contribution in [0.15, 0.2) is 18.2 Å². The molecular weight excluding hydrogens is 260 g/mol. The van der Waals surface area contributed by atoms with Crippen molar-refractivity contribution >= 4 is 17.1 Å². The molecule has 0 spiro atoms. The predicted molar refractivity (Wildman–Crippen MR) is 80.3 cm³/mol. The van der Waals surface area contributed by atoms with E-state index < -0.39 is 4.92 Å². The van der Waals surface area contributed by atoms with Gasteiger partial charge >= 0.3 is 0 Å². The first kappa shape index (κ1) is 16.2. The molecule has 0 saturated carbocycles. The molecular formula is C13H22N4O3. The lowest BCUT2D eigenvalue weighted by Gasteiger charge is -2.15. The maximum atomic E-state index is 10.9. The minimum absolute atomic E-state index is 0.0647. The van der Waals surface area contributed by atoms with E-state index in [9.17, 15) is 10.1 Å². The van der Waals surface area contributed by atoms with E-state index in [1.807, 2.05) is 18.0 Å². The monoisotopic (exact) mass is 282 g/mol. The molecule has 1 aromatic rings. The first-order valence-corrected chi connectivity index (χ1v) is 6.58. The second-order valence-electron chi connectivity index (χ2n) is 4.55. The van der Waals surface area contributed by atoms with Crippen LogP contribution in [-0.2, 0) is 0 Å². The predicted octanol–water partition coefficient (Wildman–Crippen LogP) is 1.36. The highest BCUT2D eigenvalue weighted by molar-refractivity contribution is 5.67. The molecule has 3 N–H and O–H groups in total. The summed E-state index contributed by atoms with van der Waals surface area (Å²) >= 11 is 0. The van der Waals surface area contributed by atoms with Crippen LogP contribution < -0.4 is 10.6 Å². The molecule has 0 fully saturated rings. The van der Waals surface area contributed by atoms with Crippen LogP contribution in [-0.4, -0.2) is 55.3 Å². The molecule has 1 aromatic carbocycles. The molecule has 1 rings (SSSR count). The van der Waals surface area contributed by atoms with Crippen LogP contribution >= 0.6 is 0 Å². The summed E-state index contributed by atoms with van der Waals surface area (Å²) in [4.78, 5) is 12.6. The molecule has 20 heavy (non-hydrogen) atoms. The summed E-state index contributed by atoms with van der Waals surface area (Å²) in [7, 11) is 3.61. The largest absolute Gasteiger partial charge is 0.395 e. The minimum atomic E-state index is -0.397. The maximum Gasteiger partial charge on any atom is 0.294 e. The summed E-state index contributed by atoms with van der Waals surface area (Å²) in [5.41, 5.74) is 1.30. The van der Waals surface area contributed by atoms with Gasteiger partial charge in [-0.1, -0.05) is 0 Å². The van der Waals surface area contributed by atoms with Gasteiger partial charge in [0.25, 0.3) is 5.69 Å². The molecule has 0 aliphatic heterocycles. The first-order chi connectivity index (χ1) is 9.58. The van der Waals surface area contributed by atoms with Gasteiger partial charge in [-0.25, -0.2) is 0 Å². The lowest BCUT2D eigenvalue weighted by molar-refractivity contribution is -0.383. The van der Waals surface area contributed by atoms with Gasteiger partial charge in [0.15, 0.2) is 0 Å². The summed E-state index contributed by atoms with van der Waals surface area (Å²) in [5.74, 6) is 0. The standard InChI is InChI=1S/C13H22N4O3/c1-14-12-5-4-11(10-13(12)17(19)20)15-6-3-7-16(2)8-9-18/h4-5,10,14-15,18H,3,6-9H2,1-2H3. The van der Waals surface area contributed by atoms with Gasteiger partial charge in [0, 0.05) is 31.9 Å². The Morgan fingerprint density at radius 2 is 2.15 bits per heavy atom. The third-order valence-corrected chi connectivity index (χ3v) is 2.99. The summed E-state index contributed by atoms with van der Waals surface area (Å²) in [6.07, 6.45) is 0.901. The van der Waals surface area contributed by atoms with Gasteiger partial charge in [-0.05, 0) is 32.1 Å². The van der Waals surface area contributed by atoms with Crippen LogP contribution in [0.4, 0.5) is 17.1 Å². The summed E-state index contributed by atoms with van der Waals surface area (Å²) in [6, 6.07) is 5.04. The Labute approximate surface area is 118 Å². The molecule has 0 amide bonds. The number of aliphatic hydroxyl groups excluding tert-OH is 1. The number of nitro benzene ring substituents is 1. The molecule has 0 saturated heterocycles. The van der Waals surface area contributed by atoms with Crippen molar-refractivity contribution in [3.63, 3.8) is 0 Å². The Morgan fingerprint density at radius 3 is 2.75 bits per heavy atom. The Balaban J connectivity index is 2.48. The normalized spacial score (nSPS) is 10.6. The Hall–Kier alpha value is -1.86. The van der Waals surface area contributed by atoms with E-state index in [0.717, 1.165) is 25.2 Å². The second-order valence-corrected chi connectivity index (χ2v) is 4.55. The fraction of sp³-hybridized carbons (Fsp3) is 0.538. The van der Waals surface area contributed by atoms with Crippen molar-refractivity contribution in [2.75, 3.05) is 51.0 Å². The molecule has 0 unspecified atom stereocenters. The van der Waals surface area contributed by atoms with Crippen LogP contribution in [0, 0.1) is 10.1 Å². The molecule has 112 valence electrons. The van der Waals surface area contributed by atoms with Crippen LogP contribution in [0.5, 0.6) is 0 Å². The van der Waals surface area contributed by atoms with Gasteiger partial charge in [0.1, 0.15) is 5.69 Å². The minimum Gasteiger partial charge on any atom is -0.395 e. The van der Waals surface area contributed by atoms with Crippen molar-refractivity contribution < 1.29 is 10.0 Å².